The average molecular weight is 307 g/mol. The molecule has 0 amide bonds. The predicted molar refractivity (Wildman–Crippen MR) is 85.9 cm³/mol. The molecule has 1 aromatic rings. The van der Waals surface area contributed by atoms with E-state index in [1.807, 2.05) is 6.92 Å². The van der Waals surface area contributed by atoms with Crippen molar-refractivity contribution in [3.05, 3.63) is 30.3 Å². The van der Waals surface area contributed by atoms with E-state index in [0.29, 0.717) is 30.4 Å². The maximum atomic E-state index is 12.1. The van der Waals surface area contributed by atoms with Crippen molar-refractivity contribution >= 4 is 15.8 Å². The number of sulfone groups is 1. The zero-order valence-electron chi connectivity index (χ0n) is 12.2. The van der Waals surface area contributed by atoms with Crippen LogP contribution in [0, 0.1) is 12.3 Å². The van der Waals surface area contributed by atoms with Gasteiger partial charge in [0.25, 0.3) is 0 Å². The van der Waals surface area contributed by atoms with Gasteiger partial charge in [0.15, 0.2) is 15.8 Å². The van der Waals surface area contributed by atoms with Crippen LogP contribution in [0.5, 0.6) is 0 Å². The molecule has 5 nitrogen and oxygen atoms in total. The standard InChI is InChI=1S/C15H21N3O2S/c1-3-11-17-15(16-4-2)18-12-8-13-21(19,20)14-9-6-5-7-10-14/h1,5-7,9-10H,4,8,11-13H2,2H3,(H2,16,17,18). The summed E-state index contributed by atoms with van der Waals surface area (Å²) >= 11 is 0. The molecule has 0 fully saturated rings. The van der Waals surface area contributed by atoms with Crippen LogP contribution < -0.4 is 10.6 Å². The number of benzene rings is 1. The normalized spacial score (nSPS) is 11.7. The smallest absolute Gasteiger partial charge is 0.192 e. The molecule has 0 atom stereocenters. The summed E-state index contributed by atoms with van der Waals surface area (Å²) < 4.78 is 24.1. The molecule has 0 aromatic heterocycles. The first-order chi connectivity index (χ1) is 10.1. The van der Waals surface area contributed by atoms with Crippen molar-refractivity contribution in [2.75, 3.05) is 25.4 Å². The second kappa shape index (κ2) is 9.03. The maximum absolute atomic E-state index is 12.1. The largest absolute Gasteiger partial charge is 0.357 e. The molecule has 0 aliphatic carbocycles. The number of aliphatic imine (C=N–C) groups is 1. The minimum Gasteiger partial charge on any atom is -0.357 e. The minimum atomic E-state index is -3.23. The van der Waals surface area contributed by atoms with Crippen molar-refractivity contribution in [3.63, 3.8) is 0 Å². The minimum absolute atomic E-state index is 0.0784. The fraction of sp³-hybridized carbons (Fsp3) is 0.400. The second-order valence-corrected chi connectivity index (χ2v) is 6.41. The van der Waals surface area contributed by atoms with Gasteiger partial charge in [-0.25, -0.2) is 8.42 Å². The van der Waals surface area contributed by atoms with Crippen molar-refractivity contribution in [1.29, 1.82) is 0 Å². The number of hydrogen-bond donors (Lipinski definition) is 2. The van der Waals surface area contributed by atoms with Crippen LogP contribution in [0.4, 0.5) is 0 Å². The fourth-order valence-corrected chi connectivity index (χ4v) is 2.98. The van der Waals surface area contributed by atoms with Gasteiger partial charge >= 0.3 is 0 Å². The number of terminal acetylenes is 1. The lowest BCUT2D eigenvalue weighted by molar-refractivity contribution is 0.593. The Kier molecular flexibility index (Phi) is 7.33. The van der Waals surface area contributed by atoms with E-state index >= 15 is 0 Å². The van der Waals surface area contributed by atoms with Crippen LogP contribution in [0.3, 0.4) is 0 Å². The molecule has 0 unspecified atom stereocenters. The van der Waals surface area contributed by atoms with E-state index in [0.717, 1.165) is 6.54 Å². The summed E-state index contributed by atoms with van der Waals surface area (Å²) in [5.74, 6) is 3.15. The highest BCUT2D eigenvalue weighted by molar-refractivity contribution is 7.91. The summed E-state index contributed by atoms with van der Waals surface area (Å²) in [6.45, 7) is 3.48. The van der Waals surface area contributed by atoms with Gasteiger partial charge < -0.3 is 10.6 Å². The number of hydrogen-bond acceptors (Lipinski definition) is 3. The summed E-state index contributed by atoms with van der Waals surface area (Å²) in [6, 6.07) is 8.45. The Hall–Kier alpha value is -2.00. The Morgan fingerprint density at radius 1 is 1.29 bits per heavy atom. The van der Waals surface area contributed by atoms with Gasteiger partial charge in [-0.3, -0.25) is 4.99 Å². The molecule has 0 saturated carbocycles. The third-order valence-corrected chi connectivity index (χ3v) is 4.46. The van der Waals surface area contributed by atoms with Crippen molar-refractivity contribution < 1.29 is 8.42 Å². The van der Waals surface area contributed by atoms with Gasteiger partial charge in [0.1, 0.15) is 0 Å². The zero-order chi connectivity index (χ0) is 15.6. The van der Waals surface area contributed by atoms with Crippen LogP contribution in [-0.4, -0.2) is 39.8 Å². The van der Waals surface area contributed by atoms with E-state index in [-0.39, 0.29) is 5.75 Å². The van der Waals surface area contributed by atoms with E-state index in [1.165, 1.54) is 0 Å². The highest BCUT2D eigenvalue weighted by Gasteiger charge is 2.12. The Labute approximate surface area is 126 Å². The summed E-state index contributed by atoms with van der Waals surface area (Å²) in [4.78, 5) is 4.64. The van der Waals surface area contributed by atoms with Crippen molar-refractivity contribution in [2.45, 2.75) is 18.2 Å². The summed E-state index contributed by atoms with van der Waals surface area (Å²) in [7, 11) is -3.23. The molecule has 0 heterocycles. The fourth-order valence-electron chi connectivity index (χ4n) is 1.67. The highest BCUT2D eigenvalue weighted by atomic mass is 32.2. The molecule has 1 aromatic carbocycles. The first kappa shape index (κ1) is 17.1. The lowest BCUT2D eigenvalue weighted by Gasteiger charge is -2.08. The molecule has 0 bridgehead atoms. The third-order valence-electron chi connectivity index (χ3n) is 2.65. The van der Waals surface area contributed by atoms with Crippen LogP contribution in [0.2, 0.25) is 0 Å². The SMILES string of the molecule is C#CCNC(=NCCCS(=O)(=O)c1ccccc1)NCC. The quantitative estimate of drug-likeness (QED) is 0.342. The van der Waals surface area contributed by atoms with Gasteiger partial charge in [0.2, 0.25) is 0 Å². The molecule has 0 saturated heterocycles. The van der Waals surface area contributed by atoms with Crippen LogP contribution in [-0.2, 0) is 9.84 Å². The molecular weight excluding hydrogens is 286 g/mol. The van der Waals surface area contributed by atoms with Crippen LogP contribution in [0.15, 0.2) is 40.2 Å². The van der Waals surface area contributed by atoms with Crippen LogP contribution in [0.1, 0.15) is 13.3 Å². The van der Waals surface area contributed by atoms with Crippen molar-refractivity contribution in [1.82, 2.24) is 10.6 Å². The van der Waals surface area contributed by atoms with Gasteiger partial charge in [-0.1, -0.05) is 24.1 Å². The molecular formula is C15H21N3O2S. The number of rotatable bonds is 7. The highest BCUT2D eigenvalue weighted by Crippen LogP contribution is 2.10. The van der Waals surface area contributed by atoms with Crippen LogP contribution in [0.25, 0.3) is 0 Å². The van der Waals surface area contributed by atoms with E-state index in [9.17, 15) is 8.42 Å². The van der Waals surface area contributed by atoms with E-state index in [1.54, 1.807) is 30.3 Å². The molecule has 0 aliphatic heterocycles. The van der Waals surface area contributed by atoms with Gasteiger partial charge in [0, 0.05) is 13.1 Å². The Balaban J connectivity index is 2.50. The Bertz CT molecular complexity index is 589. The maximum Gasteiger partial charge on any atom is 0.192 e. The molecule has 2 N–H and O–H groups in total. The van der Waals surface area contributed by atoms with E-state index < -0.39 is 9.84 Å². The summed E-state index contributed by atoms with van der Waals surface area (Å²) in [5, 5.41) is 5.99. The number of guanidine groups is 1. The van der Waals surface area contributed by atoms with Gasteiger partial charge in [-0.05, 0) is 25.5 Å². The molecule has 21 heavy (non-hydrogen) atoms. The molecule has 6 heteroatoms. The van der Waals surface area contributed by atoms with Gasteiger partial charge in [0.05, 0.1) is 17.2 Å². The lowest BCUT2D eigenvalue weighted by atomic mass is 10.4. The number of nitrogens with zero attached hydrogens (tertiary/aromatic N) is 1. The first-order valence-corrected chi connectivity index (χ1v) is 8.49. The Morgan fingerprint density at radius 2 is 2.00 bits per heavy atom. The van der Waals surface area contributed by atoms with E-state index in [4.69, 9.17) is 6.42 Å². The van der Waals surface area contributed by atoms with Gasteiger partial charge in [-0.15, -0.1) is 6.42 Å². The second-order valence-electron chi connectivity index (χ2n) is 4.30. The molecule has 0 aliphatic rings. The molecule has 0 spiro atoms. The predicted octanol–water partition coefficient (Wildman–Crippen LogP) is 1.04. The average Bonchev–Trinajstić information content (AvgIpc) is 2.50. The topological polar surface area (TPSA) is 70.6 Å². The van der Waals surface area contributed by atoms with Crippen molar-refractivity contribution in [2.24, 2.45) is 4.99 Å². The molecule has 1 rings (SSSR count). The Morgan fingerprint density at radius 3 is 2.62 bits per heavy atom. The van der Waals surface area contributed by atoms with Crippen molar-refractivity contribution in [3.8, 4) is 12.3 Å². The summed E-state index contributed by atoms with van der Waals surface area (Å²) in [5.41, 5.74) is 0. The van der Waals surface area contributed by atoms with Gasteiger partial charge in [-0.2, -0.15) is 0 Å². The number of nitrogens with one attached hydrogen (secondary N) is 2. The lowest BCUT2D eigenvalue weighted by Crippen LogP contribution is -2.37. The molecule has 114 valence electrons. The van der Waals surface area contributed by atoms with E-state index in [2.05, 4.69) is 21.5 Å². The zero-order valence-corrected chi connectivity index (χ0v) is 13.0. The monoisotopic (exact) mass is 307 g/mol. The van der Waals surface area contributed by atoms with Crippen LogP contribution >= 0.6 is 0 Å². The summed E-state index contributed by atoms with van der Waals surface area (Å²) in [6.07, 6.45) is 5.64. The molecule has 0 radical (unpaired) electrons. The third kappa shape index (κ3) is 6.32. The first-order valence-electron chi connectivity index (χ1n) is 6.83.